The van der Waals surface area contributed by atoms with Gasteiger partial charge in [0.25, 0.3) is 5.56 Å². The fourth-order valence-electron chi connectivity index (χ4n) is 2.35. The highest BCUT2D eigenvalue weighted by Gasteiger charge is 2.30. The molecule has 0 aliphatic carbocycles. The van der Waals surface area contributed by atoms with Crippen molar-refractivity contribution in [3.8, 4) is 0 Å². The number of aromatic nitrogens is 1. The molecule has 8 heteroatoms. The first kappa shape index (κ1) is 15.5. The maximum Gasteiger partial charge on any atom is 0.266 e. The van der Waals surface area contributed by atoms with E-state index in [0.29, 0.717) is 19.7 Å². The first-order valence-corrected chi connectivity index (χ1v) is 8.14. The van der Waals surface area contributed by atoms with Crippen molar-refractivity contribution in [1.29, 1.82) is 0 Å². The monoisotopic (exact) mass is 320 g/mol. The number of methoxy groups -OCH3 is 1. The summed E-state index contributed by atoms with van der Waals surface area (Å²) >= 11 is 5.69. The summed E-state index contributed by atoms with van der Waals surface area (Å²) in [6.45, 7) is 1.44. The van der Waals surface area contributed by atoms with E-state index in [0.717, 1.165) is 12.8 Å². The van der Waals surface area contributed by atoms with Crippen molar-refractivity contribution in [2.24, 2.45) is 5.92 Å². The van der Waals surface area contributed by atoms with E-state index >= 15 is 0 Å². The Balaban J connectivity index is 2.25. The van der Waals surface area contributed by atoms with Gasteiger partial charge in [-0.05, 0) is 24.8 Å². The number of sulfonamides is 1. The first-order chi connectivity index (χ1) is 9.45. The van der Waals surface area contributed by atoms with Crippen LogP contribution < -0.4 is 5.56 Å². The minimum atomic E-state index is -3.63. The Kier molecular flexibility index (Phi) is 4.85. The molecule has 112 valence electrons. The highest BCUT2D eigenvalue weighted by molar-refractivity contribution is 7.89. The van der Waals surface area contributed by atoms with Crippen LogP contribution in [-0.2, 0) is 14.8 Å². The molecule has 2 heterocycles. The molecule has 0 bridgehead atoms. The number of nitrogens with one attached hydrogen (secondary N) is 1. The predicted molar refractivity (Wildman–Crippen MR) is 75.4 cm³/mol. The molecule has 1 unspecified atom stereocenters. The zero-order valence-electron chi connectivity index (χ0n) is 11.1. The molecule has 0 spiro atoms. The fraction of sp³-hybridized carbons (Fsp3) is 0.583. The van der Waals surface area contributed by atoms with Gasteiger partial charge < -0.3 is 9.72 Å². The Hall–Kier alpha value is -0.890. The molecular formula is C12H17ClN2O4S. The summed E-state index contributed by atoms with van der Waals surface area (Å²) in [7, 11) is -2.02. The van der Waals surface area contributed by atoms with Crippen LogP contribution in [0, 0.1) is 5.92 Å². The Bertz CT molecular complexity index is 627. The van der Waals surface area contributed by atoms with Crippen molar-refractivity contribution in [3.63, 3.8) is 0 Å². The van der Waals surface area contributed by atoms with Crippen LogP contribution in [0.25, 0.3) is 0 Å². The third kappa shape index (κ3) is 3.22. The lowest BCUT2D eigenvalue weighted by Crippen LogP contribution is -2.41. The molecule has 1 atom stereocenters. The highest BCUT2D eigenvalue weighted by atomic mass is 35.5. The van der Waals surface area contributed by atoms with Crippen LogP contribution in [-0.4, -0.2) is 44.5 Å². The van der Waals surface area contributed by atoms with Gasteiger partial charge in [0.1, 0.15) is 5.02 Å². The van der Waals surface area contributed by atoms with Crippen molar-refractivity contribution in [2.75, 3.05) is 26.8 Å². The van der Waals surface area contributed by atoms with Gasteiger partial charge in [-0.3, -0.25) is 4.79 Å². The van der Waals surface area contributed by atoms with Crippen molar-refractivity contribution in [3.05, 3.63) is 27.6 Å². The first-order valence-electron chi connectivity index (χ1n) is 6.32. The second-order valence-corrected chi connectivity index (χ2v) is 7.18. The number of hydrogen-bond acceptors (Lipinski definition) is 4. The number of halogens is 1. The van der Waals surface area contributed by atoms with Crippen molar-refractivity contribution in [1.82, 2.24) is 9.29 Å². The molecule has 1 aromatic heterocycles. The third-order valence-electron chi connectivity index (χ3n) is 3.35. The normalized spacial score (nSPS) is 21.0. The smallest absolute Gasteiger partial charge is 0.266 e. The molecule has 1 aliphatic heterocycles. The van der Waals surface area contributed by atoms with Gasteiger partial charge >= 0.3 is 0 Å². The van der Waals surface area contributed by atoms with Crippen molar-refractivity contribution < 1.29 is 13.2 Å². The van der Waals surface area contributed by atoms with Gasteiger partial charge in [-0.25, -0.2) is 8.42 Å². The summed E-state index contributed by atoms with van der Waals surface area (Å²) in [5, 5.41) is -0.128. The summed E-state index contributed by atoms with van der Waals surface area (Å²) < 4.78 is 31.5. The average Bonchev–Trinajstić information content (AvgIpc) is 2.42. The minimum absolute atomic E-state index is 0.0140. The van der Waals surface area contributed by atoms with Crippen molar-refractivity contribution >= 4 is 21.6 Å². The number of pyridine rings is 1. The van der Waals surface area contributed by atoms with E-state index in [4.69, 9.17) is 16.3 Å². The lowest BCUT2D eigenvalue weighted by Gasteiger charge is -2.31. The summed E-state index contributed by atoms with van der Waals surface area (Å²) in [6.07, 6.45) is 2.93. The standard InChI is InChI=1S/C12H17ClN2O4S/c1-19-8-9-3-2-4-15(7-9)20(17,18)10-5-11(13)12(16)14-6-10/h5-6,9H,2-4,7-8H2,1H3,(H,14,16). The summed E-state index contributed by atoms with van der Waals surface area (Å²) in [4.78, 5) is 13.5. The Morgan fingerprint density at radius 2 is 2.30 bits per heavy atom. The topological polar surface area (TPSA) is 79.5 Å². The van der Waals surface area contributed by atoms with Crippen LogP contribution in [0.3, 0.4) is 0 Å². The molecule has 6 nitrogen and oxygen atoms in total. The summed E-state index contributed by atoms with van der Waals surface area (Å²) in [5.41, 5.74) is -0.499. The number of rotatable bonds is 4. The van der Waals surface area contributed by atoms with Gasteiger partial charge in [-0.15, -0.1) is 0 Å². The van der Waals surface area contributed by atoms with Crippen molar-refractivity contribution in [2.45, 2.75) is 17.7 Å². The average molecular weight is 321 g/mol. The summed E-state index contributed by atoms with van der Waals surface area (Å²) in [6, 6.07) is 1.19. The predicted octanol–water partition coefficient (Wildman–Crippen LogP) is 1.08. The van der Waals surface area contributed by atoms with Crippen LogP contribution in [0.5, 0.6) is 0 Å². The summed E-state index contributed by atoms with van der Waals surface area (Å²) in [5.74, 6) is 0.196. The van der Waals surface area contributed by atoms with Gasteiger partial charge in [-0.2, -0.15) is 4.31 Å². The van der Waals surface area contributed by atoms with E-state index in [1.54, 1.807) is 7.11 Å². The lowest BCUT2D eigenvalue weighted by molar-refractivity contribution is 0.118. The van der Waals surface area contributed by atoms with Gasteiger partial charge in [0, 0.05) is 26.4 Å². The molecule has 0 saturated carbocycles. The maximum atomic E-state index is 12.5. The van der Waals surface area contributed by atoms with E-state index in [9.17, 15) is 13.2 Å². The number of aromatic amines is 1. The Morgan fingerprint density at radius 1 is 1.55 bits per heavy atom. The Morgan fingerprint density at radius 3 is 2.95 bits per heavy atom. The molecule has 1 saturated heterocycles. The largest absolute Gasteiger partial charge is 0.384 e. The number of piperidine rings is 1. The second kappa shape index (κ2) is 6.26. The number of H-pyrrole nitrogens is 1. The molecule has 0 aromatic carbocycles. The molecule has 2 rings (SSSR count). The van der Waals surface area contributed by atoms with E-state index in [-0.39, 0.29) is 15.8 Å². The second-order valence-electron chi connectivity index (χ2n) is 4.84. The molecule has 1 N–H and O–H groups in total. The Labute approximate surface area is 122 Å². The van der Waals surface area contributed by atoms with Crippen LogP contribution in [0.1, 0.15) is 12.8 Å². The van der Waals surface area contributed by atoms with E-state index in [1.165, 1.54) is 16.6 Å². The van der Waals surface area contributed by atoms with E-state index in [1.807, 2.05) is 0 Å². The molecule has 0 amide bonds. The van der Waals surface area contributed by atoms with Crippen LogP contribution in [0.15, 0.2) is 22.0 Å². The van der Waals surface area contributed by atoms with Crippen LogP contribution in [0.2, 0.25) is 5.02 Å². The van der Waals surface area contributed by atoms with Crippen LogP contribution >= 0.6 is 11.6 Å². The zero-order chi connectivity index (χ0) is 14.8. The van der Waals surface area contributed by atoms with Gasteiger partial charge in [0.15, 0.2) is 0 Å². The molecule has 0 radical (unpaired) electrons. The number of hydrogen-bond donors (Lipinski definition) is 1. The van der Waals surface area contributed by atoms with E-state index < -0.39 is 15.6 Å². The van der Waals surface area contributed by atoms with Gasteiger partial charge in [0.05, 0.1) is 11.5 Å². The quantitative estimate of drug-likeness (QED) is 0.900. The van der Waals surface area contributed by atoms with E-state index in [2.05, 4.69) is 4.98 Å². The molecular weight excluding hydrogens is 304 g/mol. The SMILES string of the molecule is COCC1CCCN(S(=O)(=O)c2c[nH]c(=O)c(Cl)c2)C1. The molecule has 1 fully saturated rings. The van der Waals surface area contributed by atoms with Gasteiger partial charge in [-0.1, -0.05) is 11.6 Å². The third-order valence-corrected chi connectivity index (χ3v) is 5.48. The highest BCUT2D eigenvalue weighted by Crippen LogP contribution is 2.24. The number of ether oxygens (including phenoxy) is 1. The maximum absolute atomic E-state index is 12.5. The molecule has 1 aromatic rings. The van der Waals surface area contributed by atoms with Crippen LogP contribution in [0.4, 0.5) is 0 Å². The minimum Gasteiger partial charge on any atom is -0.384 e. The zero-order valence-corrected chi connectivity index (χ0v) is 12.7. The number of nitrogens with zero attached hydrogens (tertiary/aromatic N) is 1. The fourth-order valence-corrected chi connectivity index (χ4v) is 4.14. The lowest BCUT2D eigenvalue weighted by atomic mass is 10.0. The molecule has 20 heavy (non-hydrogen) atoms. The van der Waals surface area contributed by atoms with Gasteiger partial charge in [0.2, 0.25) is 10.0 Å². The molecule has 1 aliphatic rings.